The van der Waals surface area contributed by atoms with E-state index in [1.54, 1.807) is 31.2 Å². The number of carbonyl (C=O) groups excluding carboxylic acids is 1. The van der Waals surface area contributed by atoms with Gasteiger partial charge in [-0.15, -0.1) is 10.2 Å². The fourth-order valence-electron chi connectivity index (χ4n) is 4.78. The number of amides is 1. The second kappa shape index (κ2) is 10.8. The van der Waals surface area contributed by atoms with E-state index in [1.807, 2.05) is 0 Å². The molecule has 0 atom stereocenters. The highest BCUT2D eigenvalue weighted by Gasteiger charge is 2.28. The number of anilines is 1. The number of rotatable bonds is 7. The fraction of sp³-hybridized carbons (Fsp3) is 0.0667. The van der Waals surface area contributed by atoms with Crippen molar-refractivity contribution < 1.29 is 29.6 Å². The Labute approximate surface area is 246 Å². The number of aromatic carboxylic acids is 1. The maximum Gasteiger partial charge on any atom is 0.335 e. The van der Waals surface area contributed by atoms with Gasteiger partial charge < -0.3 is 30.0 Å². The van der Waals surface area contributed by atoms with Crippen LogP contribution in [0.2, 0.25) is 0 Å². The predicted molar refractivity (Wildman–Crippen MR) is 156 cm³/mol. The molecule has 5 N–H and O–H groups in total. The third kappa shape index (κ3) is 4.80. The van der Waals surface area contributed by atoms with Gasteiger partial charge in [0.25, 0.3) is 17.0 Å². The standard InChI is InChI=1S/C30H22N6O8/c1-15-21(27(39)32-25-23(15)29(41)36(34-25)18-7-5-16(6-8-18)30(42)43)4-2-3-17-13-22-24(31-26(17)38)33-35(28(22)40)19-9-11-20(12-10-19)44-14-37/h2-13,37H,14H2,1H3,(H,42,43)(H2,31,33,38)(H,32,34,39)/b3-2?,21-4-. The number of carbonyl (C=O) groups is 2. The van der Waals surface area contributed by atoms with Crippen molar-refractivity contribution in [2.75, 3.05) is 11.8 Å². The molecule has 0 saturated heterocycles. The highest BCUT2D eigenvalue weighted by atomic mass is 16.6. The van der Waals surface area contributed by atoms with E-state index in [4.69, 9.17) is 14.9 Å². The Kier molecular flexibility index (Phi) is 6.87. The van der Waals surface area contributed by atoms with Crippen molar-refractivity contribution in [2.45, 2.75) is 6.92 Å². The molecular weight excluding hydrogens is 572 g/mol. The Hall–Kier alpha value is -6.28. The molecule has 0 aliphatic carbocycles. The monoisotopic (exact) mass is 594 g/mol. The van der Waals surface area contributed by atoms with Gasteiger partial charge in [0.05, 0.1) is 28.1 Å². The number of nitrogens with one attached hydrogen (secondary N) is 2. The molecule has 220 valence electrons. The Balaban J connectivity index is 1.31. The molecule has 3 aliphatic heterocycles. The Bertz CT molecular complexity index is 2190. The molecule has 0 fully saturated rings. The predicted octanol–water partition coefficient (Wildman–Crippen LogP) is 1.08. The number of carboxylic acids is 1. The number of hydrogen-bond acceptors (Lipinski definition) is 9. The van der Waals surface area contributed by atoms with E-state index in [0.717, 1.165) is 9.69 Å². The molecule has 0 radical (unpaired) electrons. The van der Waals surface area contributed by atoms with Crippen LogP contribution in [0, 0.1) is 6.92 Å². The van der Waals surface area contributed by atoms with E-state index in [2.05, 4.69) is 20.2 Å². The quantitative estimate of drug-likeness (QED) is 0.171. The van der Waals surface area contributed by atoms with Gasteiger partial charge in [0.15, 0.2) is 24.0 Å². The molecule has 1 amide bonds. The summed E-state index contributed by atoms with van der Waals surface area (Å²) in [5.41, 5.74) is 0.957. The van der Waals surface area contributed by atoms with E-state index in [0.29, 0.717) is 22.7 Å². The zero-order valence-electron chi connectivity index (χ0n) is 22.8. The zero-order valence-corrected chi connectivity index (χ0v) is 22.8. The van der Waals surface area contributed by atoms with Crippen molar-refractivity contribution >= 4 is 29.7 Å². The van der Waals surface area contributed by atoms with E-state index < -0.39 is 29.8 Å². The third-order valence-electron chi connectivity index (χ3n) is 7.00. The Morgan fingerprint density at radius 3 is 2.41 bits per heavy atom. The molecule has 4 heterocycles. The molecular formula is C30H22N6O8. The number of benzene rings is 2. The number of aliphatic hydroxyl groups excluding tert-OH is 1. The smallest absolute Gasteiger partial charge is 0.335 e. The number of nitrogens with zero attached hydrogens (tertiary/aromatic N) is 4. The van der Waals surface area contributed by atoms with E-state index in [9.17, 15) is 24.3 Å². The summed E-state index contributed by atoms with van der Waals surface area (Å²) < 4.78 is 6.15. The van der Waals surface area contributed by atoms with Crippen LogP contribution in [0.3, 0.4) is 0 Å². The van der Waals surface area contributed by atoms with Crippen molar-refractivity contribution in [1.29, 1.82) is 0 Å². The van der Waals surface area contributed by atoms with Crippen molar-refractivity contribution in [3.8, 4) is 28.7 Å². The van der Waals surface area contributed by atoms with Crippen LogP contribution in [-0.4, -0.2) is 53.7 Å². The third-order valence-corrected chi connectivity index (χ3v) is 7.00. The molecule has 0 bridgehead atoms. The van der Waals surface area contributed by atoms with Gasteiger partial charge in [0.2, 0.25) is 0 Å². The highest BCUT2D eigenvalue weighted by molar-refractivity contribution is 6.08. The van der Waals surface area contributed by atoms with Crippen LogP contribution in [0.15, 0.2) is 75.4 Å². The van der Waals surface area contributed by atoms with Crippen LogP contribution in [0.5, 0.6) is 11.6 Å². The molecule has 3 aliphatic rings. The van der Waals surface area contributed by atoms with Gasteiger partial charge in [0.1, 0.15) is 5.75 Å². The first-order valence-corrected chi connectivity index (χ1v) is 13.0. The van der Waals surface area contributed by atoms with Gasteiger partial charge in [-0.05, 0) is 79.2 Å². The van der Waals surface area contributed by atoms with Crippen LogP contribution < -0.4 is 31.6 Å². The van der Waals surface area contributed by atoms with Gasteiger partial charge >= 0.3 is 5.97 Å². The lowest BCUT2D eigenvalue weighted by Gasteiger charge is -2.12. The maximum absolute atomic E-state index is 13.2. The Morgan fingerprint density at radius 1 is 1.02 bits per heavy atom. The number of aliphatic hydroxyl groups is 1. The SMILES string of the molecule is Cc1c2c([nH]c(=O)/c1=C\C=Cc1cc3c(=O)n(-c4ccc(OCO)cc4)nc-3[nH]c1O)=NN(c1ccc(C(=O)O)cc1)C2=O. The summed E-state index contributed by atoms with van der Waals surface area (Å²) in [6, 6.07) is 13.4. The van der Waals surface area contributed by atoms with Gasteiger partial charge in [-0.2, -0.15) is 9.69 Å². The van der Waals surface area contributed by atoms with Crippen LogP contribution >= 0.6 is 0 Å². The number of aromatic nitrogens is 4. The molecule has 14 nitrogen and oxygen atoms in total. The molecule has 1 aromatic heterocycles. The number of H-pyrrole nitrogens is 2. The summed E-state index contributed by atoms with van der Waals surface area (Å²) in [5.74, 6) is -1.31. The van der Waals surface area contributed by atoms with Gasteiger partial charge in [0, 0.05) is 10.8 Å². The van der Waals surface area contributed by atoms with Crippen LogP contribution in [0.4, 0.5) is 5.69 Å². The lowest BCUT2D eigenvalue weighted by atomic mass is 10.1. The summed E-state index contributed by atoms with van der Waals surface area (Å²) in [6.07, 6.45) is 4.44. The first-order valence-electron chi connectivity index (χ1n) is 13.0. The normalized spacial score (nSPS) is 13.1. The summed E-state index contributed by atoms with van der Waals surface area (Å²) in [5, 5.41) is 38.3. The number of pyridine rings is 2. The number of aromatic amines is 2. The Morgan fingerprint density at radius 2 is 1.73 bits per heavy atom. The average Bonchev–Trinajstić information content (AvgIpc) is 3.50. The first-order chi connectivity index (χ1) is 21.2. The van der Waals surface area contributed by atoms with Gasteiger partial charge in [-0.3, -0.25) is 14.4 Å². The minimum atomic E-state index is -1.11. The molecule has 2 aromatic carbocycles. The topological polar surface area (TPSA) is 203 Å². The molecule has 3 aromatic rings. The lowest BCUT2D eigenvalue weighted by Crippen LogP contribution is -2.38. The van der Waals surface area contributed by atoms with Crippen molar-refractivity contribution in [1.82, 2.24) is 19.7 Å². The van der Waals surface area contributed by atoms with E-state index in [1.165, 1.54) is 48.6 Å². The summed E-state index contributed by atoms with van der Waals surface area (Å²) in [6.45, 7) is 1.12. The molecule has 0 spiro atoms. The second-order valence-electron chi connectivity index (χ2n) is 9.63. The number of hydrogen-bond donors (Lipinski definition) is 5. The number of fused-ring (bicyclic) bond motifs is 2. The van der Waals surface area contributed by atoms with E-state index >= 15 is 0 Å². The van der Waals surface area contributed by atoms with Crippen LogP contribution in [0.1, 0.15) is 31.8 Å². The van der Waals surface area contributed by atoms with Gasteiger partial charge in [-0.25, -0.2) is 4.79 Å². The largest absolute Gasteiger partial charge is 0.494 e. The van der Waals surface area contributed by atoms with Crippen LogP contribution in [0.25, 0.3) is 29.2 Å². The summed E-state index contributed by atoms with van der Waals surface area (Å²) in [7, 11) is 0. The average molecular weight is 595 g/mol. The number of carboxylic acid groups (broad SMARTS) is 1. The highest BCUT2D eigenvalue weighted by Crippen LogP contribution is 2.25. The van der Waals surface area contributed by atoms with Crippen LogP contribution in [-0.2, 0) is 0 Å². The molecule has 0 saturated carbocycles. The summed E-state index contributed by atoms with van der Waals surface area (Å²) >= 11 is 0. The van der Waals surface area contributed by atoms with Gasteiger partial charge in [-0.1, -0.05) is 6.08 Å². The number of ether oxygens (including phenoxy) is 1. The number of allylic oxidation sites excluding steroid dienone is 1. The maximum atomic E-state index is 13.2. The van der Waals surface area contributed by atoms with Crippen molar-refractivity contribution in [2.24, 2.45) is 5.10 Å². The van der Waals surface area contributed by atoms with E-state index in [-0.39, 0.29) is 44.7 Å². The first kappa shape index (κ1) is 27.9. The molecule has 0 unspecified atom stereocenters. The zero-order chi connectivity index (χ0) is 31.1. The summed E-state index contributed by atoms with van der Waals surface area (Å²) in [4.78, 5) is 55.6. The number of aromatic hydroxyl groups is 1. The minimum Gasteiger partial charge on any atom is -0.494 e. The molecule has 14 heteroatoms. The molecule has 44 heavy (non-hydrogen) atoms. The lowest BCUT2D eigenvalue weighted by molar-refractivity contribution is 0.0696. The minimum absolute atomic E-state index is 0.0504. The van der Waals surface area contributed by atoms with Crippen molar-refractivity contribution in [3.05, 3.63) is 114 Å². The van der Waals surface area contributed by atoms with Crippen molar-refractivity contribution in [3.63, 3.8) is 0 Å². The fourth-order valence-corrected chi connectivity index (χ4v) is 4.78. The second-order valence-corrected chi connectivity index (χ2v) is 9.63. The molecule has 6 rings (SSSR count).